The van der Waals surface area contributed by atoms with Crippen molar-refractivity contribution in [3.63, 3.8) is 0 Å². The van der Waals surface area contributed by atoms with E-state index in [1.54, 1.807) is 0 Å². The molecule has 0 aliphatic heterocycles. The Morgan fingerprint density at radius 1 is 1.00 bits per heavy atom. The van der Waals surface area contributed by atoms with Crippen LogP contribution < -0.4 is 0 Å². The van der Waals surface area contributed by atoms with E-state index < -0.39 is 0 Å². The molecule has 4 nitrogen and oxygen atoms in total. The first-order valence-corrected chi connectivity index (χ1v) is 0.988. The van der Waals surface area contributed by atoms with E-state index >= 15 is 0 Å². The van der Waals surface area contributed by atoms with Gasteiger partial charge in [0, 0.05) is 33.6 Å². The molecule has 2 N–H and O–H groups in total. The van der Waals surface area contributed by atoms with E-state index in [1.807, 2.05) is 0 Å². The van der Waals surface area contributed by atoms with Gasteiger partial charge in [0.2, 0.25) is 0 Å². The van der Waals surface area contributed by atoms with Crippen LogP contribution in [0.5, 0.6) is 0 Å². The minimum absolute atomic E-state index is 0. The molecule has 0 bridgehead atoms. The molecule has 0 spiro atoms. The molecule has 0 saturated heterocycles. The van der Waals surface area contributed by atoms with Crippen molar-refractivity contribution in [2.24, 2.45) is 0 Å². The molecular formula is C2H4CuNiO4. The van der Waals surface area contributed by atoms with Crippen LogP contribution in [-0.2, 0) is 43.1 Å². The summed E-state index contributed by atoms with van der Waals surface area (Å²) in [6, 6.07) is 0. The minimum atomic E-state index is -0.250. The third kappa shape index (κ3) is 66100. The number of hydrogen-bond acceptors (Lipinski definition) is 2. The van der Waals surface area contributed by atoms with Crippen molar-refractivity contribution in [3.05, 3.63) is 0 Å². The summed E-state index contributed by atoms with van der Waals surface area (Å²) in [5.74, 6) is 0. The third-order valence-corrected chi connectivity index (χ3v) is 0. The maximum atomic E-state index is 8.36. The van der Waals surface area contributed by atoms with Gasteiger partial charge in [-0.25, -0.2) is 0 Å². The summed E-state index contributed by atoms with van der Waals surface area (Å²) in [5, 5.41) is 13.8. The van der Waals surface area contributed by atoms with Gasteiger partial charge in [-0.1, -0.05) is 0 Å². The van der Waals surface area contributed by atoms with E-state index in [2.05, 4.69) is 0 Å². The molecular weight excluding hydrogens is 210 g/mol. The number of hydrogen-bond donors (Lipinski definition) is 2. The molecule has 0 aromatic rings. The Morgan fingerprint density at radius 2 is 1.00 bits per heavy atom. The number of rotatable bonds is 0. The van der Waals surface area contributed by atoms with E-state index in [-0.39, 0.29) is 46.5 Å². The molecule has 0 fully saturated rings. The van der Waals surface area contributed by atoms with Gasteiger partial charge < -0.3 is 10.2 Å². The standard InChI is InChI=1S/2CH2O2.Cu.Ni/c2*2-1-3;;/h2*1H,(H,2,3);;. The van der Waals surface area contributed by atoms with E-state index in [0.717, 1.165) is 0 Å². The van der Waals surface area contributed by atoms with Crippen molar-refractivity contribution in [1.82, 2.24) is 0 Å². The first kappa shape index (κ1) is 24.6. The second-order valence-corrected chi connectivity index (χ2v) is 0.211. The third-order valence-electron chi connectivity index (χ3n) is 0. The van der Waals surface area contributed by atoms with Crippen LogP contribution in [0.4, 0.5) is 0 Å². The number of carbonyl (C=O) groups is 2. The van der Waals surface area contributed by atoms with Crippen molar-refractivity contribution >= 4 is 12.9 Å². The molecule has 57 valence electrons. The Balaban J connectivity index is -0.0000000160. The zero-order valence-corrected chi connectivity index (χ0v) is 5.41. The monoisotopic (exact) mass is 213 g/mol. The van der Waals surface area contributed by atoms with Crippen molar-refractivity contribution in [1.29, 1.82) is 0 Å². The molecule has 0 aromatic heterocycles. The number of carboxylic acid groups (broad SMARTS) is 2. The molecule has 0 atom stereocenters. The van der Waals surface area contributed by atoms with Crippen LogP contribution in [0.15, 0.2) is 0 Å². The normalized spacial score (nSPS) is 3.00. The van der Waals surface area contributed by atoms with Crippen LogP contribution in [0.2, 0.25) is 0 Å². The fraction of sp³-hybridized carbons (Fsp3) is 0. The average molecular weight is 214 g/mol. The Bertz CT molecular complexity index is 35.0. The van der Waals surface area contributed by atoms with Crippen LogP contribution in [0.25, 0.3) is 0 Å². The quantitative estimate of drug-likeness (QED) is 0.417. The summed E-state index contributed by atoms with van der Waals surface area (Å²) >= 11 is 0. The molecule has 0 aliphatic carbocycles. The van der Waals surface area contributed by atoms with Gasteiger partial charge in [0.15, 0.2) is 0 Å². The van der Waals surface area contributed by atoms with Crippen LogP contribution in [0.1, 0.15) is 0 Å². The van der Waals surface area contributed by atoms with Crippen LogP contribution in [-0.4, -0.2) is 23.2 Å². The predicted octanol–water partition coefficient (Wildman–Crippen LogP) is -0.603. The fourth-order valence-electron chi connectivity index (χ4n) is 0. The van der Waals surface area contributed by atoms with Crippen molar-refractivity contribution in [3.8, 4) is 0 Å². The SMILES string of the molecule is O=CO.O=CO.[Cu].[Ni]. The summed E-state index contributed by atoms with van der Waals surface area (Å²) in [7, 11) is 0. The van der Waals surface area contributed by atoms with Gasteiger partial charge in [0.1, 0.15) is 0 Å². The molecule has 0 amide bonds. The molecule has 0 unspecified atom stereocenters. The van der Waals surface area contributed by atoms with Crippen LogP contribution in [0.3, 0.4) is 0 Å². The predicted molar refractivity (Wildman–Crippen MR) is 17.4 cm³/mol. The van der Waals surface area contributed by atoms with E-state index in [4.69, 9.17) is 19.8 Å². The molecule has 8 heavy (non-hydrogen) atoms. The first-order chi connectivity index (χ1) is 2.83. The van der Waals surface area contributed by atoms with E-state index in [9.17, 15) is 0 Å². The minimum Gasteiger partial charge on any atom is -0.483 e. The summed E-state index contributed by atoms with van der Waals surface area (Å²) in [6.07, 6.45) is 0. The second-order valence-electron chi connectivity index (χ2n) is 0.211. The van der Waals surface area contributed by atoms with Gasteiger partial charge >= 0.3 is 0 Å². The van der Waals surface area contributed by atoms with Gasteiger partial charge in [0.25, 0.3) is 12.9 Å². The van der Waals surface area contributed by atoms with Crippen molar-refractivity contribution in [2.75, 3.05) is 0 Å². The summed E-state index contributed by atoms with van der Waals surface area (Å²) in [5.41, 5.74) is 0. The fourth-order valence-corrected chi connectivity index (χ4v) is 0. The molecule has 0 heterocycles. The Kier molecular flexibility index (Phi) is 199. The summed E-state index contributed by atoms with van der Waals surface area (Å²) in [4.78, 5) is 16.7. The topological polar surface area (TPSA) is 74.6 Å². The van der Waals surface area contributed by atoms with Gasteiger partial charge in [-0.3, -0.25) is 9.59 Å². The largest absolute Gasteiger partial charge is 0.483 e. The van der Waals surface area contributed by atoms with Crippen molar-refractivity contribution < 1.29 is 53.4 Å². The van der Waals surface area contributed by atoms with Crippen LogP contribution in [0, 0.1) is 0 Å². The summed E-state index contributed by atoms with van der Waals surface area (Å²) < 4.78 is 0. The summed E-state index contributed by atoms with van der Waals surface area (Å²) in [6.45, 7) is -0.500. The smallest absolute Gasteiger partial charge is 0.290 e. The Hall–Kier alpha value is -0.0470. The van der Waals surface area contributed by atoms with Crippen molar-refractivity contribution in [2.45, 2.75) is 0 Å². The van der Waals surface area contributed by atoms with E-state index in [1.165, 1.54) is 0 Å². The van der Waals surface area contributed by atoms with Gasteiger partial charge in [0.05, 0.1) is 0 Å². The molecule has 6 heteroatoms. The zero-order chi connectivity index (χ0) is 5.41. The molecule has 0 rings (SSSR count). The Morgan fingerprint density at radius 3 is 1.00 bits per heavy atom. The van der Waals surface area contributed by atoms with Crippen LogP contribution >= 0.6 is 0 Å². The molecule has 1 radical (unpaired) electrons. The first-order valence-electron chi connectivity index (χ1n) is 0.988. The molecule has 0 aromatic carbocycles. The average Bonchev–Trinajstić information content (AvgIpc) is 1.39. The molecule has 0 saturated carbocycles. The second kappa shape index (κ2) is 64.6. The maximum absolute atomic E-state index is 8.36. The van der Waals surface area contributed by atoms with Gasteiger partial charge in [-0.2, -0.15) is 0 Å². The van der Waals surface area contributed by atoms with Gasteiger partial charge in [-0.05, 0) is 0 Å². The maximum Gasteiger partial charge on any atom is 0.290 e. The Labute approximate surface area is 66.7 Å². The van der Waals surface area contributed by atoms with E-state index in [0.29, 0.717) is 0 Å². The van der Waals surface area contributed by atoms with Gasteiger partial charge in [-0.15, -0.1) is 0 Å². The zero-order valence-electron chi connectivity index (χ0n) is 3.48. The molecule has 0 aliphatic rings.